The van der Waals surface area contributed by atoms with Crippen molar-refractivity contribution in [1.29, 1.82) is 0 Å². The maximum absolute atomic E-state index is 12.7. The molecule has 0 atom stereocenters. The number of benzene rings is 2. The third-order valence-corrected chi connectivity index (χ3v) is 5.03. The van der Waals surface area contributed by atoms with Gasteiger partial charge in [0.05, 0.1) is 12.0 Å². The molecule has 4 heteroatoms. The van der Waals surface area contributed by atoms with E-state index in [0.29, 0.717) is 18.2 Å². The molecule has 0 heterocycles. The van der Waals surface area contributed by atoms with Crippen molar-refractivity contribution < 1.29 is 9.53 Å². The zero-order valence-corrected chi connectivity index (χ0v) is 14.6. The summed E-state index contributed by atoms with van der Waals surface area (Å²) < 4.78 is 5.74. The number of nitrogens with one attached hydrogen (secondary N) is 1. The Hall–Kier alpha value is -2.00. The van der Waals surface area contributed by atoms with E-state index < -0.39 is 5.41 Å². The van der Waals surface area contributed by atoms with Crippen molar-refractivity contribution >= 4 is 17.5 Å². The predicted octanol–water partition coefficient (Wildman–Crippen LogP) is 4.27. The van der Waals surface area contributed by atoms with Crippen LogP contribution in [-0.4, -0.2) is 19.1 Å². The van der Waals surface area contributed by atoms with Gasteiger partial charge >= 0.3 is 0 Å². The average molecular weight is 344 g/mol. The van der Waals surface area contributed by atoms with Crippen LogP contribution in [0.5, 0.6) is 5.75 Å². The van der Waals surface area contributed by atoms with Crippen LogP contribution in [0, 0.1) is 6.92 Å². The van der Waals surface area contributed by atoms with Crippen molar-refractivity contribution in [2.24, 2.45) is 0 Å². The molecule has 2 aromatic rings. The summed E-state index contributed by atoms with van der Waals surface area (Å²) in [5, 5.41) is 3.73. The molecule has 0 spiro atoms. The van der Waals surface area contributed by atoms with Crippen LogP contribution in [-0.2, 0) is 10.2 Å². The van der Waals surface area contributed by atoms with Gasteiger partial charge in [0, 0.05) is 5.02 Å². The Morgan fingerprint density at radius 3 is 2.50 bits per heavy atom. The molecule has 3 rings (SSSR count). The van der Waals surface area contributed by atoms with Gasteiger partial charge < -0.3 is 10.1 Å². The first-order valence-corrected chi connectivity index (χ1v) is 8.72. The number of aryl methyl sites for hydroxylation is 1. The highest BCUT2D eigenvalue weighted by Crippen LogP contribution is 2.44. The summed E-state index contributed by atoms with van der Waals surface area (Å²) in [4.78, 5) is 12.7. The molecule has 126 valence electrons. The molecule has 0 unspecified atom stereocenters. The first-order chi connectivity index (χ1) is 11.6. The van der Waals surface area contributed by atoms with Gasteiger partial charge in [-0.1, -0.05) is 48.4 Å². The highest BCUT2D eigenvalue weighted by Gasteiger charge is 2.45. The van der Waals surface area contributed by atoms with E-state index >= 15 is 0 Å². The summed E-state index contributed by atoms with van der Waals surface area (Å²) in [6.07, 6.45) is 2.86. The van der Waals surface area contributed by atoms with Crippen LogP contribution < -0.4 is 10.1 Å². The number of carbonyl (C=O) groups excluding carboxylic acids is 1. The van der Waals surface area contributed by atoms with Crippen LogP contribution in [0.2, 0.25) is 5.02 Å². The van der Waals surface area contributed by atoms with Crippen LogP contribution in [0.25, 0.3) is 0 Å². The summed E-state index contributed by atoms with van der Waals surface area (Å²) in [6, 6.07) is 15.5. The van der Waals surface area contributed by atoms with Crippen molar-refractivity contribution in [1.82, 2.24) is 5.32 Å². The highest BCUT2D eigenvalue weighted by atomic mass is 35.5. The average Bonchev–Trinajstić information content (AvgIpc) is 2.54. The molecule has 1 aliphatic rings. The molecule has 1 amide bonds. The van der Waals surface area contributed by atoms with Gasteiger partial charge in [-0.25, -0.2) is 0 Å². The Morgan fingerprint density at radius 2 is 1.88 bits per heavy atom. The predicted molar refractivity (Wildman–Crippen MR) is 96.7 cm³/mol. The van der Waals surface area contributed by atoms with Gasteiger partial charge in [0.2, 0.25) is 5.91 Å². The largest absolute Gasteiger partial charge is 0.491 e. The van der Waals surface area contributed by atoms with Crippen LogP contribution in [0.15, 0.2) is 48.5 Å². The Balaban J connectivity index is 1.56. The smallest absolute Gasteiger partial charge is 0.230 e. The van der Waals surface area contributed by atoms with Gasteiger partial charge in [0.15, 0.2) is 0 Å². The first-order valence-electron chi connectivity index (χ1n) is 8.35. The van der Waals surface area contributed by atoms with Crippen LogP contribution in [0.1, 0.15) is 30.4 Å². The van der Waals surface area contributed by atoms with E-state index in [1.165, 1.54) is 0 Å². The molecule has 1 saturated carbocycles. The van der Waals surface area contributed by atoms with Crippen molar-refractivity contribution in [3.8, 4) is 5.75 Å². The van der Waals surface area contributed by atoms with E-state index in [9.17, 15) is 4.79 Å². The van der Waals surface area contributed by atoms with E-state index in [0.717, 1.165) is 36.1 Å². The fourth-order valence-electron chi connectivity index (χ4n) is 3.16. The minimum Gasteiger partial charge on any atom is -0.491 e. The maximum Gasteiger partial charge on any atom is 0.230 e. The van der Waals surface area contributed by atoms with Crippen molar-refractivity contribution in [2.75, 3.05) is 13.2 Å². The highest BCUT2D eigenvalue weighted by molar-refractivity contribution is 6.30. The van der Waals surface area contributed by atoms with Crippen LogP contribution >= 0.6 is 11.6 Å². The Kier molecular flexibility index (Phi) is 5.10. The molecular weight excluding hydrogens is 322 g/mol. The molecule has 0 bridgehead atoms. The van der Waals surface area contributed by atoms with Gasteiger partial charge in [-0.2, -0.15) is 0 Å². The van der Waals surface area contributed by atoms with Crippen molar-refractivity contribution in [2.45, 2.75) is 31.6 Å². The second-order valence-electron chi connectivity index (χ2n) is 6.31. The van der Waals surface area contributed by atoms with Crippen LogP contribution in [0.3, 0.4) is 0 Å². The molecule has 0 aromatic heterocycles. The van der Waals surface area contributed by atoms with Gasteiger partial charge in [0.25, 0.3) is 0 Å². The normalized spacial score (nSPS) is 15.4. The van der Waals surface area contributed by atoms with Gasteiger partial charge in [-0.05, 0) is 49.1 Å². The second kappa shape index (κ2) is 7.27. The number of hydrogen-bond acceptors (Lipinski definition) is 2. The molecule has 3 nitrogen and oxygen atoms in total. The second-order valence-corrected chi connectivity index (χ2v) is 6.75. The maximum atomic E-state index is 12.7. The summed E-state index contributed by atoms with van der Waals surface area (Å²) >= 11 is 5.96. The molecule has 0 aliphatic heterocycles. The molecule has 1 fully saturated rings. The Labute approximate surface area is 148 Å². The van der Waals surface area contributed by atoms with Gasteiger partial charge in [0.1, 0.15) is 12.4 Å². The van der Waals surface area contributed by atoms with Gasteiger partial charge in [-0.3, -0.25) is 4.79 Å². The number of ether oxygens (including phenoxy) is 1. The molecule has 1 aliphatic carbocycles. The lowest BCUT2D eigenvalue weighted by Gasteiger charge is -2.40. The number of carbonyl (C=O) groups is 1. The van der Waals surface area contributed by atoms with E-state index in [-0.39, 0.29) is 5.91 Å². The number of hydrogen-bond donors (Lipinski definition) is 1. The summed E-state index contributed by atoms with van der Waals surface area (Å²) in [5.74, 6) is 0.951. The zero-order chi connectivity index (χ0) is 17.0. The summed E-state index contributed by atoms with van der Waals surface area (Å²) in [5.41, 5.74) is 1.75. The Morgan fingerprint density at radius 1 is 1.17 bits per heavy atom. The van der Waals surface area contributed by atoms with E-state index in [1.54, 1.807) is 0 Å². The first kappa shape index (κ1) is 16.8. The van der Waals surface area contributed by atoms with Gasteiger partial charge in [-0.15, -0.1) is 0 Å². The Bertz CT molecular complexity index is 708. The molecule has 1 N–H and O–H groups in total. The fraction of sp³-hybridized carbons (Fsp3) is 0.350. The minimum atomic E-state index is -0.396. The SMILES string of the molecule is Cc1ccccc1OCCNC(=O)C1(c2ccc(Cl)cc2)CCC1. The van der Waals surface area contributed by atoms with Crippen LogP contribution in [0.4, 0.5) is 0 Å². The van der Waals surface area contributed by atoms with E-state index in [2.05, 4.69) is 5.32 Å². The summed E-state index contributed by atoms with van der Waals surface area (Å²) in [7, 11) is 0. The number of rotatable bonds is 6. The molecule has 24 heavy (non-hydrogen) atoms. The molecule has 2 aromatic carbocycles. The standard InChI is InChI=1S/C20H22ClNO2/c1-15-5-2-3-6-18(15)24-14-13-22-19(23)20(11-4-12-20)16-7-9-17(21)10-8-16/h2-3,5-10H,4,11-14H2,1H3,(H,22,23). The minimum absolute atomic E-state index is 0.0875. The third kappa shape index (κ3) is 3.41. The molecule has 0 radical (unpaired) electrons. The third-order valence-electron chi connectivity index (χ3n) is 4.78. The lowest BCUT2D eigenvalue weighted by molar-refractivity contribution is -0.130. The van der Waals surface area contributed by atoms with E-state index in [1.807, 2.05) is 55.5 Å². The number of para-hydroxylation sites is 1. The van der Waals surface area contributed by atoms with Crippen molar-refractivity contribution in [3.63, 3.8) is 0 Å². The molecular formula is C20H22ClNO2. The fourth-order valence-corrected chi connectivity index (χ4v) is 3.29. The van der Waals surface area contributed by atoms with E-state index in [4.69, 9.17) is 16.3 Å². The number of amides is 1. The topological polar surface area (TPSA) is 38.3 Å². The van der Waals surface area contributed by atoms with Crippen molar-refractivity contribution in [3.05, 3.63) is 64.7 Å². The zero-order valence-electron chi connectivity index (χ0n) is 13.8. The quantitative estimate of drug-likeness (QED) is 0.796. The monoisotopic (exact) mass is 343 g/mol. The molecule has 0 saturated heterocycles. The number of halogens is 1. The lowest BCUT2D eigenvalue weighted by atomic mass is 9.64. The summed E-state index contributed by atoms with van der Waals surface area (Å²) in [6.45, 7) is 2.98. The lowest BCUT2D eigenvalue weighted by Crippen LogP contribution is -2.50.